The standard InChI is InChI=1S/C12H13NO2/c14-12-13(9-10-15-12)8-4-7-11-5-2-1-3-6-11/h1-3,5-6,9-10H,4,7-8H2. The zero-order valence-electron chi connectivity index (χ0n) is 8.43. The Labute approximate surface area is 88.0 Å². The van der Waals surface area contributed by atoms with E-state index in [-0.39, 0.29) is 5.76 Å². The molecule has 0 radical (unpaired) electrons. The first kappa shape index (κ1) is 9.77. The fourth-order valence-corrected chi connectivity index (χ4v) is 1.55. The molecule has 1 aromatic heterocycles. The van der Waals surface area contributed by atoms with Crippen molar-refractivity contribution in [1.82, 2.24) is 4.57 Å². The van der Waals surface area contributed by atoms with Crippen molar-refractivity contribution >= 4 is 0 Å². The third-order valence-corrected chi connectivity index (χ3v) is 2.35. The van der Waals surface area contributed by atoms with E-state index in [0.29, 0.717) is 6.54 Å². The Morgan fingerprint density at radius 2 is 2.00 bits per heavy atom. The van der Waals surface area contributed by atoms with E-state index in [0.717, 1.165) is 12.8 Å². The molecular formula is C12H13NO2. The minimum Gasteiger partial charge on any atom is -0.416 e. The number of hydrogen-bond donors (Lipinski definition) is 0. The Hall–Kier alpha value is -1.77. The molecule has 2 rings (SSSR count). The van der Waals surface area contributed by atoms with Gasteiger partial charge in [-0.3, -0.25) is 4.57 Å². The fraction of sp³-hybridized carbons (Fsp3) is 0.250. The van der Waals surface area contributed by atoms with Gasteiger partial charge in [0.25, 0.3) is 0 Å². The third kappa shape index (κ3) is 2.59. The van der Waals surface area contributed by atoms with Crippen molar-refractivity contribution in [3.8, 4) is 0 Å². The van der Waals surface area contributed by atoms with Crippen molar-refractivity contribution in [1.29, 1.82) is 0 Å². The molecule has 1 heterocycles. The van der Waals surface area contributed by atoms with Gasteiger partial charge in [0, 0.05) is 12.7 Å². The first-order valence-corrected chi connectivity index (χ1v) is 5.04. The van der Waals surface area contributed by atoms with E-state index in [1.54, 1.807) is 10.8 Å². The predicted molar refractivity (Wildman–Crippen MR) is 57.7 cm³/mol. The van der Waals surface area contributed by atoms with E-state index in [1.807, 2.05) is 18.2 Å². The summed E-state index contributed by atoms with van der Waals surface area (Å²) in [7, 11) is 0. The minimum absolute atomic E-state index is 0.275. The van der Waals surface area contributed by atoms with Crippen LogP contribution in [-0.4, -0.2) is 4.57 Å². The van der Waals surface area contributed by atoms with Gasteiger partial charge in [-0.05, 0) is 18.4 Å². The summed E-state index contributed by atoms with van der Waals surface area (Å²) in [6.45, 7) is 0.713. The molecule has 0 spiro atoms. The lowest BCUT2D eigenvalue weighted by Gasteiger charge is -2.00. The van der Waals surface area contributed by atoms with Gasteiger partial charge in [-0.15, -0.1) is 0 Å². The molecule has 78 valence electrons. The van der Waals surface area contributed by atoms with Crippen LogP contribution in [0, 0.1) is 0 Å². The van der Waals surface area contributed by atoms with Crippen LogP contribution in [0.1, 0.15) is 12.0 Å². The molecule has 0 aliphatic carbocycles. The molecule has 0 N–H and O–H groups in total. The molecule has 0 aliphatic heterocycles. The van der Waals surface area contributed by atoms with Crippen molar-refractivity contribution in [3.63, 3.8) is 0 Å². The van der Waals surface area contributed by atoms with Crippen LogP contribution in [0.25, 0.3) is 0 Å². The predicted octanol–water partition coefficient (Wildman–Crippen LogP) is 2.07. The van der Waals surface area contributed by atoms with Gasteiger partial charge in [-0.2, -0.15) is 0 Å². The molecule has 0 atom stereocenters. The van der Waals surface area contributed by atoms with Crippen LogP contribution in [0.2, 0.25) is 0 Å². The SMILES string of the molecule is O=c1occn1CCCc1ccccc1. The van der Waals surface area contributed by atoms with Crippen LogP contribution < -0.4 is 5.76 Å². The molecule has 0 unspecified atom stereocenters. The van der Waals surface area contributed by atoms with E-state index in [2.05, 4.69) is 16.5 Å². The lowest BCUT2D eigenvalue weighted by atomic mass is 10.1. The summed E-state index contributed by atoms with van der Waals surface area (Å²) in [5.74, 6) is -0.275. The Morgan fingerprint density at radius 1 is 1.20 bits per heavy atom. The number of rotatable bonds is 4. The van der Waals surface area contributed by atoms with Crippen molar-refractivity contribution in [2.75, 3.05) is 0 Å². The second-order valence-electron chi connectivity index (χ2n) is 3.45. The molecule has 2 aromatic rings. The van der Waals surface area contributed by atoms with Crippen LogP contribution >= 0.6 is 0 Å². The molecule has 0 amide bonds. The van der Waals surface area contributed by atoms with Crippen LogP contribution in [0.5, 0.6) is 0 Å². The van der Waals surface area contributed by atoms with Crippen molar-refractivity contribution in [2.45, 2.75) is 19.4 Å². The lowest BCUT2D eigenvalue weighted by molar-refractivity contribution is 0.472. The molecule has 0 aliphatic rings. The molecule has 0 saturated heterocycles. The summed E-state index contributed by atoms with van der Waals surface area (Å²) in [5, 5.41) is 0. The van der Waals surface area contributed by atoms with Gasteiger partial charge in [-0.1, -0.05) is 30.3 Å². The first-order chi connectivity index (χ1) is 7.36. The Kier molecular flexibility index (Phi) is 3.02. The normalized spacial score (nSPS) is 10.4. The number of oxazole rings is 1. The summed E-state index contributed by atoms with van der Waals surface area (Å²) >= 11 is 0. The second-order valence-corrected chi connectivity index (χ2v) is 3.45. The maximum absolute atomic E-state index is 11.1. The van der Waals surface area contributed by atoms with Gasteiger partial charge in [0.05, 0.1) is 0 Å². The second kappa shape index (κ2) is 4.64. The maximum atomic E-state index is 11.1. The Bertz CT molecular complexity index is 456. The molecule has 0 bridgehead atoms. The van der Waals surface area contributed by atoms with Crippen molar-refractivity contribution in [3.05, 3.63) is 58.9 Å². The average Bonchev–Trinajstić information content (AvgIpc) is 2.66. The molecule has 1 aromatic carbocycles. The number of aromatic nitrogens is 1. The van der Waals surface area contributed by atoms with Crippen molar-refractivity contribution < 1.29 is 4.42 Å². The van der Waals surface area contributed by atoms with E-state index >= 15 is 0 Å². The summed E-state index contributed by atoms with van der Waals surface area (Å²) in [4.78, 5) is 11.1. The highest BCUT2D eigenvalue weighted by Gasteiger charge is 1.97. The lowest BCUT2D eigenvalue weighted by Crippen LogP contribution is -2.13. The quantitative estimate of drug-likeness (QED) is 0.762. The Balaban J connectivity index is 1.86. The Morgan fingerprint density at radius 3 is 2.67 bits per heavy atom. The summed E-state index contributed by atoms with van der Waals surface area (Å²) in [6, 6.07) is 10.2. The van der Waals surface area contributed by atoms with E-state index < -0.39 is 0 Å². The zero-order valence-corrected chi connectivity index (χ0v) is 8.43. The third-order valence-electron chi connectivity index (χ3n) is 2.35. The highest BCUT2D eigenvalue weighted by atomic mass is 16.4. The van der Waals surface area contributed by atoms with Crippen LogP contribution in [-0.2, 0) is 13.0 Å². The average molecular weight is 203 g/mol. The summed E-state index contributed by atoms with van der Waals surface area (Å²) in [6.07, 6.45) is 5.03. The number of aryl methyl sites for hydroxylation is 2. The van der Waals surface area contributed by atoms with Gasteiger partial charge >= 0.3 is 5.76 Å². The highest BCUT2D eigenvalue weighted by Crippen LogP contribution is 2.02. The van der Waals surface area contributed by atoms with Gasteiger partial charge < -0.3 is 4.42 Å². The van der Waals surface area contributed by atoms with Crippen LogP contribution in [0.15, 0.2) is 52.0 Å². The topological polar surface area (TPSA) is 35.1 Å². The zero-order chi connectivity index (χ0) is 10.5. The molecule has 0 fully saturated rings. The highest BCUT2D eigenvalue weighted by molar-refractivity contribution is 5.14. The van der Waals surface area contributed by atoms with Gasteiger partial charge in [0.1, 0.15) is 6.26 Å². The first-order valence-electron chi connectivity index (χ1n) is 5.04. The van der Waals surface area contributed by atoms with Gasteiger partial charge in [-0.25, -0.2) is 4.79 Å². The van der Waals surface area contributed by atoms with Crippen LogP contribution in [0.4, 0.5) is 0 Å². The van der Waals surface area contributed by atoms with E-state index in [1.165, 1.54) is 11.8 Å². The van der Waals surface area contributed by atoms with E-state index in [4.69, 9.17) is 0 Å². The monoisotopic (exact) mass is 203 g/mol. The minimum atomic E-state index is -0.275. The molecule has 3 heteroatoms. The maximum Gasteiger partial charge on any atom is 0.418 e. The smallest absolute Gasteiger partial charge is 0.416 e. The number of benzene rings is 1. The fourth-order valence-electron chi connectivity index (χ4n) is 1.55. The molecule has 0 saturated carbocycles. The summed E-state index contributed by atoms with van der Waals surface area (Å²) < 4.78 is 6.26. The van der Waals surface area contributed by atoms with Crippen molar-refractivity contribution in [2.24, 2.45) is 0 Å². The molecule has 3 nitrogen and oxygen atoms in total. The molecule has 15 heavy (non-hydrogen) atoms. The summed E-state index contributed by atoms with van der Waals surface area (Å²) in [5.41, 5.74) is 1.30. The largest absolute Gasteiger partial charge is 0.418 e. The van der Waals surface area contributed by atoms with Gasteiger partial charge in [0.15, 0.2) is 0 Å². The number of hydrogen-bond acceptors (Lipinski definition) is 2. The van der Waals surface area contributed by atoms with Gasteiger partial charge in [0.2, 0.25) is 0 Å². The molecular weight excluding hydrogens is 190 g/mol. The van der Waals surface area contributed by atoms with E-state index in [9.17, 15) is 4.79 Å². The number of nitrogens with zero attached hydrogens (tertiary/aromatic N) is 1. The van der Waals surface area contributed by atoms with Crippen LogP contribution in [0.3, 0.4) is 0 Å².